The third-order valence-electron chi connectivity index (χ3n) is 4.54. The molecule has 3 aromatic rings. The van der Waals surface area contributed by atoms with E-state index in [0.29, 0.717) is 18.0 Å². The van der Waals surface area contributed by atoms with Gasteiger partial charge in [0, 0.05) is 30.4 Å². The fraction of sp³-hybridized carbons (Fsp3) is 0.227. The minimum atomic E-state index is -0.139. The molecule has 1 N–H and O–H groups in total. The summed E-state index contributed by atoms with van der Waals surface area (Å²) in [5.74, 6) is 1.09. The Kier molecular flexibility index (Phi) is 6.41. The molecule has 0 atom stereocenters. The first-order chi connectivity index (χ1) is 13.5. The molecule has 3 rings (SSSR count). The lowest BCUT2D eigenvalue weighted by Crippen LogP contribution is -2.25. The summed E-state index contributed by atoms with van der Waals surface area (Å²) in [6, 6.07) is 14.1. The minimum absolute atomic E-state index is 0.139. The number of carbonyl (C=O) groups is 1. The van der Waals surface area contributed by atoms with E-state index in [2.05, 4.69) is 50.9 Å². The van der Waals surface area contributed by atoms with Crippen molar-refractivity contribution in [3.63, 3.8) is 0 Å². The zero-order chi connectivity index (χ0) is 20.1. The molecule has 0 saturated heterocycles. The van der Waals surface area contributed by atoms with Gasteiger partial charge in [0.25, 0.3) is 0 Å². The Morgan fingerprint density at radius 3 is 2.71 bits per heavy atom. The van der Waals surface area contributed by atoms with Gasteiger partial charge in [0.2, 0.25) is 5.91 Å². The second-order valence-corrected chi connectivity index (χ2v) is 7.21. The first kappa shape index (κ1) is 20.0. The molecule has 0 aliphatic carbocycles. The van der Waals surface area contributed by atoms with E-state index in [-0.39, 0.29) is 5.91 Å². The topological polar surface area (TPSA) is 52.5 Å². The van der Waals surface area contributed by atoms with Gasteiger partial charge in [-0.3, -0.25) is 4.79 Å². The second kappa shape index (κ2) is 8.97. The Morgan fingerprint density at radius 2 is 1.96 bits per heavy atom. The summed E-state index contributed by atoms with van der Waals surface area (Å²) < 4.78 is 13.6. The number of carbonyl (C=O) groups excluding carboxylic acids is 1. The number of ether oxygens (including phenoxy) is 2. The van der Waals surface area contributed by atoms with Crippen LogP contribution in [0.15, 0.2) is 53.0 Å². The van der Waals surface area contributed by atoms with Crippen LogP contribution in [-0.2, 0) is 11.3 Å². The van der Waals surface area contributed by atoms with Gasteiger partial charge in [0.1, 0.15) is 0 Å². The highest BCUT2D eigenvalue weighted by Gasteiger charge is 2.09. The number of benzene rings is 2. The maximum absolute atomic E-state index is 12.2. The molecule has 0 aliphatic heterocycles. The predicted octanol–water partition coefficient (Wildman–Crippen LogP) is 4.56. The van der Waals surface area contributed by atoms with Crippen LogP contribution in [0.25, 0.3) is 17.0 Å². The highest BCUT2D eigenvalue weighted by atomic mass is 79.9. The lowest BCUT2D eigenvalue weighted by Gasteiger charge is -2.10. The van der Waals surface area contributed by atoms with E-state index in [1.54, 1.807) is 20.3 Å². The number of amides is 1. The zero-order valence-electron chi connectivity index (χ0n) is 16.2. The second-order valence-electron chi connectivity index (χ2n) is 6.36. The van der Waals surface area contributed by atoms with Crippen LogP contribution in [0.5, 0.6) is 11.5 Å². The maximum Gasteiger partial charge on any atom is 0.244 e. The molecule has 6 heteroatoms. The van der Waals surface area contributed by atoms with Gasteiger partial charge >= 0.3 is 0 Å². The summed E-state index contributed by atoms with van der Waals surface area (Å²) in [6.45, 7) is 3.36. The van der Waals surface area contributed by atoms with E-state index >= 15 is 0 Å². The van der Waals surface area contributed by atoms with E-state index in [0.717, 1.165) is 16.6 Å². The largest absolute Gasteiger partial charge is 0.493 e. The van der Waals surface area contributed by atoms with Gasteiger partial charge in [0.15, 0.2) is 11.5 Å². The van der Waals surface area contributed by atoms with Crippen molar-refractivity contribution in [2.24, 2.45) is 0 Å². The summed E-state index contributed by atoms with van der Waals surface area (Å²) in [7, 11) is 3.17. The van der Waals surface area contributed by atoms with Gasteiger partial charge in [-0.05, 0) is 64.1 Å². The number of halogens is 1. The van der Waals surface area contributed by atoms with E-state index in [9.17, 15) is 4.79 Å². The molecule has 1 amide bonds. The van der Waals surface area contributed by atoms with Crippen LogP contribution in [0.2, 0.25) is 0 Å². The number of aryl methyl sites for hydroxylation is 1. The number of aromatic nitrogens is 1. The smallest absolute Gasteiger partial charge is 0.244 e. The molecule has 5 nitrogen and oxygen atoms in total. The number of para-hydroxylation sites is 1. The predicted molar refractivity (Wildman–Crippen MR) is 116 cm³/mol. The molecule has 2 aromatic carbocycles. The SMILES string of the molecule is COc1cc(/C=C/C(=O)NCCn2c(C)cc3ccccc32)cc(Br)c1OC. The molecule has 0 saturated carbocycles. The van der Waals surface area contributed by atoms with Crippen LogP contribution in [0.4, 0.5) is 0 Å². The highest BCUT2D eigenvalue weighted by molar-refractivity contribution is 9.10. The first-order valence-corrected chi connectivity index (χ1v) is 9.75. The quantitative estimate of drug-likeness (QED) is 0.545. The number of methoxy groups -OCH3 is 2. The zero-order valence-corrected chi connectivity index (χ0v) is 17.7. The van der Waals surface area contributed by atoms with Crippen molar-refractivity contribution in [2.45, 2.75) is 13.5 Å². The van der Waals surface area contributed by atoms with Crippen molar-refractivity contribution in [3.8, 4) is 11.5 Å². The van der Waals surface area contributed by atoms with Crippen LogP contribution < -0.4 is 14.8 Å². The van der Waals surface area contributed by atoms with Gasteiger partial charge in [-0.15, -0.1) is 0 Å². The van der Waals surface area contributed by atoms with Crippen molar-refractivity contribution in [1.82, 2.24) is 9.88 Å². The van der Waals surface area contributed by atoms with Gasteiger partial charge in [-0.1, -0.05) is 18.2 Å². The van der Waals surface area contributed by atoms with Crippen LogP contribution in [0.1, 0.15) is 11.3 Å². The molecule has 0 bridgehead atoms. The molecule has 146 valence electrons. The minimum Gasteiger partial charge on any atom is -0.493 e. The Labute approximate surface area is 173 Å². The van der Waals surface area contributed by atoms with Crippen molar-refractivity contribution < 1.29 is 14.3 Å². The van der Waals surface area contributed by atoms with Gasteiger partial charge in [0.05, 0.1) is 18.7 Å². The fourth-order valence-electron chi connectivity index (χ4n) is 3.20. The van der Waals surface area contributed by atoms with E-state index < -0.39 is 0 Å². The Hall–Kier alpha value is -2.73. The molecular weight excluding hydrogens is 420 g/mol. The molecule has 0 spiro atoms. The third-order valence-corrected chi connectivity index (χ3v) is 5.12. The number of hydrogen-bond acceptors (Lipinski definition) is 3. The average Bonchev–Trinajstić information content (AvgIpc) is 3.01. The lowest BCUT2D eigenvalue weighted by atomic mass is 10.2. The van der Waals surface area contributed by atoms with E-state index in [4.69, 9.17) is 9.47 Å². The van der Waals surface area contributed by atoms with Crippen LogP contribution in [0.3, 0.4) is 0 Å². The third kappa shape index (κ3) is 4.39. The van der Waals surface area contributed by atoms with Crippen molar-refractivity contribution in [2.75, 3.05) is 20.8 Å². The number of hydrogen-bond donors (Lipinski definition) is 1. The summed E-state index contributed by atoms with van der Waals surface area (Å²) in [5.41, 5.74) is 3.20. The van der Waals surface area contributed by atoms with Crippen molar-refractivity contribution >= 4 is 38.8 Å². The van der Waals surface area contributed by atoms with Crippen LogP contribution in [-0.4, -0.2) is 31.2 Å². The van der Waals surface area contributed by atoms with Gasteiger partial charge in [-0.2, -0.15) is 0 Å². The van der Waals surface area contributed by atoms with E-state index in [1.165, 1.54) is 22.7 Å². The van der Waals surface area contributed by atoms with Crippen molar-refractivity contribution in [3.05, 3.63) is 64.3 Å². The molecule has 0 fully saturated rings. The Morgan fingerprint density at radius 1 is 1.18 bits per heavy atom. The summed E-state index contributed by atoms with van der Waals surface area (Å²) in [6.07, 6.45) is 3.27. The summed E-state index contributed by atoms with van der Waals surface area (Å²) in [4.78, 5) is 12.2. The molecule has 1 aromatic heterocycles. The normalized spacial score (nSPS) is 11.1. The fourth-order valence-corrected chi connectivity index (χ4v) is 3.82. The molecule has 1 heterocycles. The van der Waals surface area contributed by atoms with Crippen LogP contribution in [0, 0.1) is 6.92 Å². The van der Waals surface area contributed by atoms with Crippen molar-refractivity contribution in [1.29, 1.82) is 0 Å². The number of fused-ring (bicyclic) bond motifs is 1. The van der Waals surface area contributed by atoms with E-state index in [1.807, 2.05) is 24.3 Å². The molecule has 0 aliphatic rings. The lowest BCUT2D eigenvalue weighted by molar-refractivity contribution is -0.116. The molecular formula is C22H23BrN2O3. The monoisotopic (exact) mass is 442 g/mol. The number of rotatable bonds is 7. The molecule has 0 radical (unpaired) electrons. The maximum atomic E-state index is 12.2. The summed E-state index contributed by atoms with van der Waals surface area (Å²) in [5, 5.41) is 4.15. The highest BCUT2D eigenvalue weighted by Crippen LogP contribution is 2.36. The summed E-state index contributed by atoms with van der Waals surface area (Å²) >= 11 is 3.45. The Bertz CT molecular complexity index is 1020. The molecule has 28 heavy (non-hydrogen) atoms. The average molecular weight is 443 g/mol. The Balaban J connectivity index is 1.61. The van der Waals surface area contributed by atoms with Gasteiger partial charge < -0.3 is 19.4 Å². The number of nitrogens with zero attached hydrogens (tertiary/aromatic N) is 1. The number of nitrogens with one attached hydrogen (secondary N) is 1. The molecule has 0 unspecified atom stereocenters. The first-order valence-electron chi connectivity index (χ1n) is 8.95. The standard InChI is InChI=1S/C22H23BrN2O3/c1-15-12-17-6-4-5-7-19(17)25(15)11-10-24-21(26)9-8-16-13-18(23)22(28-3)20(14-16)27-2/h4-9,12-14H,10-11H2,1-3H3,(H,24,26)/b9-8+. The van der Waals surface area contributed by atoms with Crippen LogP contribution >= 0.6 is 15.9 Å². The van der Waals surface area contributed by atoms with Gasteiger partial charge in [-0.25, -0.2) is 0 Å².